The third kappa shape index (κ3) is 3.89. The fraction of sp³-hybridized carbons (Fsp3) is 0.385. The number of halogens is 3. The molecule has 0 aliphatic rings. The van der Waals surface area contributed by atoms with Crippen molar-refractivity contribution in [3.05, 3.63) is 47.5 Å². The van der Waals surface area contributed by atoms with Crippen molar-refractivity contribution >= 4 is 0 Å². The van der Waals surface area contributed by atoms with Crippen LogP contribution in [-0.4, -0.2) is 0 Å². The average Bonchev–Trinajstić information content (AvgIpc) is 2.28. The second kappa shape index (κ2) is 5.36. The molecule has 4 heteroatoms. The van der Waals surface area contributed by atoms with Gasteiger partial charge >= 0.3 is 6.18 Å². The predicted molar refractivity (Wildman–Crippen MR) is 62.4 cm³/mol. The molecule has 1 rings (SSSR count). The molecule has 0 saturated carbocycles. The van der Waals surface area contributed by atoms with Gasteiger partial charge in [0.05, 0.1) is 5.56 Å². The van der Waals surface area contributed by atoms with E-state index in [1.165, 1.54) is 6.07 Å². The van der Waals surface area contributed by atoms with Gasteiger partial charge in [0.15, 0.2) is 0 Å². The first-order valence-corrected chi connectivity index (χ1v) is 5.44. The lowest BCUT2D eigenvalue weighted by Gasteiger charge is -2.15. The van der Waals surface area contributed by atoms with Crippen molar-refractivity contribution in [2.45, 2.75) is 32.0 Å². The molecular weight excluding hydrogens is 227 g/mol. The Balaban J connectivity index is 2.88. The van der Waals surface area contributed by atoms with E-state index in [0.29, 0.717) is 12.0 Å². The van der Waals surface area contributed by atoms with Crippen LogP contribution in [0.15, 0.2) is 36.4 Å². The SMILES string of the molecule is C=C(CC)CC(N)c1cccc(C(F)(F)F)c1. The lowest BCUT2D eigenvalue weighted by Crippen LogP contribution is -2.13. The zero-order valence-electron chi connectivity index (χ0n) is 9.72. The van der Waals surface area contributed by atoms with Crippen molar-refractivity contribution in [3.63, 3.8) is 0 Å². The van der Waals surface area contributed by atoms with Gasteiger partial charge in [0.1, 0.15) is 0 Å². The zero-order chi connectivity index (χ0) is 13.1. The molecule has 0 heterocycles. The van der Waals surface area contributed by atoms with Crippen molar-refractivity contribution in [3.8, 4) is 0 Å². The van der Waals surface area contributed by atoms with E-state index < -0.39 is 17.8 Å². The molecule has 0 aliphatic carbocycles. The van der Waals surface area contributed by atoms with Crippen molar-refractivity contribution in [1.82, 2.24) is 0 Å². The molecule has 0 spiro atoms. The van der Waals surface area contributed by atoms with Gasteiger partial charge in [-0.2, -0.15) is 13.2 Å². The highest BCUT2D eigenvalue weighted by Gasteiger charge is 2.30. The molecule has 0 aromatic heterocycles. The standard InChI is InChI=1S/C13H16F3N/c1-3-9(2)7-12(17)10-5-4-6-11(8-10)13(14,15)16/h4-6,8,12H,2-3,7,17H2,1H3. The van der Waals surface area contributed by atoms with Crippen LogP contribution in [0, 0.1) is 0 Å². The van der Waals surface area contributed by atoms with Gasteiger partial charge in [-0.1, -0.05) is 31.2 Å². The van der Waals surface area contributed by atoms with Gasteiger partial charge < -0.3 is 5.73 Å². The summed E-state index contributed by atoms with van der Waals surface area (Å²) >= 11 is 0. The Morgan fingerprint density at radius 3 is 2.59 bits per heavy atom. The smallest absolute Gasteiger partial charge is 0.324 e. The minimum atomic E-state index is -4.32. The van der Waals surface area contributed by atoms with Crippen LogP contribution in [0.4, 0.5) is 13.2 Å². The number of benzene rings is 1. The summed E-state index contributed by atoms with van der Waals surface area (Å²) in [5, 5.41) is 0. The quantitative estimate of drug-likeness (QED) is 0.793. The number of nitrogens with two attached hydrogens (primary N) is 1. The monoisotopic (exact) mass is 243 g/mol. The van der Waals surface area contributed by atoms with Crippen LogP contribution in [-0.2, 0) is 6.18 Å². The molecule has 1 unspecified atom stereocenters. The summed E-state index contributed by atoms with van der Waals surface area (Å²) in [6.07, 6.45) is -3.03. The predicted octanol–water partition coefficient (Wildman–Crippen LogP) is 4.06. The Bertz CT molecular complexity index is 396. The number of hydrogen-bond donors (Lipinski definition) is 1. The maximum Gasteiger partial charge on any atom is 0.416 e. The first-order chi connectivity index (χ1) is 7.84. The van der Waals surface area contributed by atoms with Crippen LogP contribution in [0.25, 0.3) is 0 Å². The van der Waals surface area contributed by atoms with E-state index in [-0.39, 0.29) is 0 Å². The molecule has 2 N–H and O–H groups in total. The molecule has 1 nitrogen and oxygen atoms in total. The molecule has 0 amide bonds. The van der Waals surface area contributed by atoms with E-state index in [2.05, 4.69) is 6.58 Å². The van der Waals surface area contributed by atoms with Crippen LogP contribution in [0.3, 0.4) is 0 Å². The Labute approximate surface area is 99.1 Å². The molecule has 1 aromatic rings. The first kappa shape index (κ1) is 13.8. The van der Waals surface area contributed by atoms with Crippen LogP contribution < -0.4 is 5.73 Å². The van der Waals surface area contributed by atoms with Crippen molar-refractivity contribution in [1.29, 1.82) is 0 Å². The molecule has 0 fully saturated rings. The Kier molecular flexibility index (Phi) is 4.34. The van der Waals surface area contributed by atoms with Gasteiger partial charge in [-0.05, 0) is 30.5 Å². The lowest BCUT2D eigenvalue weighted by molar-refractivity contribution is -0.137. The topological polar surface area (TPSA) is 26.0 Å². The molecule has 17 heavy (non-hydrogen) atoms. The van der Waals surface area contributed by atoms with Crippen LogP contribution >= 0.6 is 0 Å². The van der Waals surface area contributed by atoms with Crippen LogP contribution in [0.1, 0.15) is 36.9 Å². The van der Waals surface area contributed by atoms with Gasteiger partial charge in [0.2, 0.25) is 0 Å². The van der Waals surface area contributed by atoms with Crippen molar-refractivity contribution < 1.29 is 13.2 Å². The van der Waals surface area contributed by atoms with Gasteiger partial charge in [0, 0.05) is 6.04 Å². The van der Waals surface area contributed by atoms with E-state index >= 15 is 0 Å². The third-order valence-corrected chi connectivity index (χ3v) is 2.65. The van der Waals surface area contributed by atoms with Gasteiger partial charge in [-0.3, -0.25) is 0 Å². The third-order valence-electron chi connectivity index (χ3n) is 2.65. The fourth-order valence-corrected chi connectivity index (χ4v) is 1.52. The van der Waals surface area contributed by atoms with Crippen molar-refractivity contribution in [2.75, 3.05) is 0 Å². The summed E-state index contributed by atoms with van der Waals surface area (Å²) in [4.78, 5) is 0. The summed E-state index contributed by atoms with van der Waals surface area (Å²) in [6.45, 7) is 5.75. The maximum atomic E-state index is 12.5. The van der Waals surface area contributed by atoms with Crippen molar-refractivity contribution in [2.24, 2.45) is 5.73 Å². The van der Waals surface area contributed by atoms with Crippen LogP contribution in [0.5, 0.6) is 0 Å². The van der Waals surface area contributed by atoms with Gasteiger partial charge in [-0.15, -0.1) is 0 Å². The Morgan fingerprint density at radius 2 is 2.06 bits per heavy atom. The minimum absolute atomic E-state index is 0.426. The maximum absolute atomic E-state index is 12.5. The summed E-state index contributed by atoms with van der Waals surface area (Å²) in [7, 11) is 0. The fourth-order valence-electron chi connectivity index (χ4n) is 1.52. The minimum Gasteiger partial charge on any atom is -0.324 e. The first-order valence-electron chi connectivity index (χ1n) is 5.44. The molecule has 0 saturated heterocycles. The summed E-state index contributed by atoms with van der Waals surface area (Å²) in [6, 6.07) is 4.72. The van der Waals surface area contributed by atoms with Crippen LogP contribution in [0.2, 0.25) is 0 Å². The Hall–Kier alpha value is -1.29. The highest BCUT2D eigenvalue weighted by molar-refractivity contribution is 5.28. The number of rotatable bonds is 4. The molecule has 0 bridgehead atoms. The number of alkyl halides is 3. The second-order valence-electron chi connectivity index (χ2n) is 4.04. The molecule has 1 atom stereocenters. The van der Waals surface area contributed by atoms with E-state index in [0.717, 1.165) is 24.1 Å². The molecule has 0 aliphatic heterocycles. The van der Waals surface area contributed by atoms with Gasteiger partial charge in [-0.25, -0.2) is 0 Å². The molecule has 1 aromatic carbocycles. The van der Waals surface area contributed by atoms with E-state index in [1.54, 1.807) is 6.07 Å². The molecule has 0 radical (unpaired) electrons. The summed E-state index contributed by atoms with van der Waals surface area (Å²) < 4.78 is 37.5. The average molecular weight is 243 g/mol. The second-order valence-corrected chi connectivity index (χ2v) is 4.04. The highest BCUT2D eigenvalue weighted by Crippen LogP contribution is 2.31. The molecule has 94 valence electrons. The highest BCUT2D eigenvalue weighted by atomic mass is 19.4. The zero-order valence-corrected chi connectivity index (χ0v) is 9.72. The van der Waals surface area contributed by atoms with E-state index in [9.17, 15) is 13.2 Å². The van der Waals surface area contributed by atoms with Gasteiger partial charge in [0.25, 0.3) is 0 Å². The normalized spacial score (nSPS) is 13.5. The Morgan fingerprint density at radius 1 is 1.41 bits per heavy atom. The largest absolute Gasteiger partial charge is 0.416 e. The summed E-state index contributed by atoms with van der Waals surface area (Å²) in [5.41, 5.74) is 6.63. The molecular formula is C13H16F3N. The summed E-state index contributed by atoms with van der Waals surface area (Å²) in [5.74, 6) is 0. The van der Waals surface area contributed by atoms with E-state index in [1.807, 2.05) is 6.92 Å². The number of hydrogen-bond acceptors (Lipinski definition) is 1. The van der Waals surface area contributed by atoms with E-state index in [4.69, 9.17) is 5.73 Å². The lowest BCUT2D eigenvalue weighted by atomic mass is 9.98.